The Morgan fingerprint density at radius 1 is 1.03 bits per heavy atom. The molecule has 8 heteroatoms. The van der Waals surface area contributed by atoms with Gasteiger partial charge < -0.3 is 29.0 Å². The van der Waals surface area contributed by atoms with Crippen LogP contribution in [0.5, 0.6) is 5.75 Å². The van der Waals surface area contributed by atoms with E-state index < -0.39 is 29.2 Å². The Morgan fingerprint density at radius 3 is 2.38 bits per heavy atom. The van der Waals surface area contributed by atoms with Crippen molar-refractivity contribution >= 4 is 22.8 Å². The summed E-state index contributed by atoms with van der Waals surface area (Å²) in [6.45, 7) is 5.19. The van der Waals surface area contributed by atoms with E-state index in [0.717, 1.165) is 42.3 Å². The van der Waals surface area contributed by atoms with Gasteiger partial charge in [-0.2, -0.15) is 0 Å². The lowest BCUT2D eigenvalue weighted by Gasteiger charge is -2.29. The third-order valence-corrected chi connectivity index (χ3v) is 7.95. The molecule has 39 heavy (non-hydrogen) atoms. The van der Waals surface area contributed by atoms with Crippen LogP contribution in [-0.2, 0) is 20.8 Å². The first kappa shape index (κ1) is 27.2. The van der Waals surface area contributed by atoms with Crippen molar-refractivity contribution in [2.75, 3.05) is 14.2 Å². The van der Waals surface area contributed by atoms with Crippen molar-refractivity contribution in [3.05, 3.63) is 53.1 Å². The highest BCUT2D eigenvalue weighted by atomic mass is 16.6. The zero-order valence-corrected chi connectivity index (χ0v) is 23.2. The first-order chi connectivity index (χ1) is 18.5. The third-order valence-electron chi connectivity index (χ3n) is 7.95. The summed E-state index contributed by atoms with van der Waals surface area (Å²) in [6.07, 6.45) is 3.85. The minimum absolute atomic E-state index is 0.251. The average Bonchev–Trinajstić information content (AvgIpc) is 3.19. The minimum atomic E-state index is -2.28. The average molecular weight is 536 g/mol. The number of aromatic nitrogens is 1. The summed E-state index contributed by atoms with van der Waals surface area (Å²) >= 11 is 0. The number of aliphatic hydroxyl groups excluding tert-OH is 1. The van der Waals surface area contributed by atoms with Crippen LogP contribution < -0.4 is 4.74 Å². The molecular formula is C31H37NO7. The van der Waals surface area contributed by atoms with E-state index in [4.69, 9.17) is 14.2 Å². The number of ether oxygens (including phenoxy) is 3. The van der Waals surface area contributed by atoms with Crippen LogP contribution in [0.1, 0.15) is 86.4 Å². The Hall–Kier alpha value is -3.36. The molecule has 1 aliphatic carbocycles. The molecule has 1 fully saturated rings. The molecule has 0 amide bonds. The van der Waals surface area contributed by atoms with Gasteiger partial charge in [0.15, 0.2) is 0 Å². The highest BCUT2D eigenvalue weighted by Crippen LogP contribution is 2.50. The molecule has 5 rings (SSSR count). The smallest absolute Gasteiger partial charge is 0.342 e. The van der Waals surface area contributed by atoms with Gasteiger partial charge in [0.2, 0.25) is 5.60 Å². The Kier molecular flexibility index (Phi) is 6.97. The quantitative estimate of drug-likeness (QED) is 0.438. The standard InChI is InChI=1S/C31H37NO7/c1-30(2,3)39-28(34)19-11-13-22-24(15-19)32-17-31(36,29(35)38-5)27(33)23-16-20(37-4)12-14-21(23)26(32)25(22)18-9-7-6-8-10-18/h11-16,18,27,33,36H,6-10,17H2,1-5H3. The number of methoxy groups -OCH3 is 2. The number of benzene rings is 2. The molecule has 2 aliphatic rings. The molecule has 2 N–H and O–H groups in total. The Labute approximate surface area is 228 Å². The number of rotatable bonds is 4. The van der Waals surface area contributed by atoms with Gasteiger partial charge in [0, 0.05) is 16.5 Å². The molecule has 3 aromatic rings. The van der Waals surface area contributed by atoms with Crippen LogP contribution in [-0.4, -0.2) is 52.1 Å². The number of esters is 2. The molecule has 2 atom stereocenters. The molecule has 208 valence electrons. The van der Waals surface area contributed by atoms with Crippen molar-refractivity contribution < 1.29 is 34.0 Å². The minimum Gasteiger partial charge on any atom is -0.497 e. The van der Waals surface area contributed by atoms with Crippen molar-refractivity contribution in [1.29, 1.82) is 0 Å². The second-order valence-corrected chi connectivity index (χ2v) is 11.7. The predicted octanol–water partition coefficient (Wildman–Crippen LogP) is 5.27. The topological polar surface area (TPSA) is 107 Å². The maximum atomic E-state index is 13.1. The Bertz CT molecular complexity index is 1430. The molecule has 8 nitrogen and oxygen atoms in total. The van der Waals surface area contributed by atoms with Gasteiger partial charge in [-0.1, -0.05) is 25.3 Å². The Morgan fingerprint density at radius 2 is 1.74 bits per heavy atom. The second kappa shape index (κ2) is 9.99. The van der Waals surface area contributed by atoms with Crippen LogP contribution in [0.2, 0.25) is 0 Å². The fourth-order valence-electron chi connectivity index (χ4n) is 6.15. The van der Waals surface area contributed by atoms with E-state index >= 15 is 0 Å². The summed E-state index contributed by atoms with van der Waals surface area (Å²) in [6, 6.07) is 10.8. The second-order valence-electron chi connectivity index (χ2n) is 11.7. The van der Waals surface area contributed by atoms with E-state index in [9.17, 15) is 19.8 Å². The van der Waals surface area contributed by atoms with Crippen LogP contribution in [0, 0.1) is 0 Å². The molecule has 1 aromatic heterocycles. The van der Waals surface area contributed by atoms with Gasteiger partial charge in [-0.15, -0.1) is 0 Å². The van der Waals surface area contributed by atoms with Gasteiger partial charge in [-0.05, 0) is 81.0 Å². The monoisotopic (exact) mass is 535 g/mol. The number of aliphatic hydroxyl groups is 2. The SMILES string of the molecule is COC(=O)C1(O)Cn2c(c(C3CCCCC3)c3ccc(C(=O)OC(C)(C)C)cc32)-c2ccc(OC)cc2C1O. The van der Waals surface area contributed by atoms with Crippen LogP contribution in [0.3, 0.4) is 0 Å². The summed E-state index contributed by atoms with van der Waals surface area (Å²) in [4.78, 5) is 26.1. The summed E-state index contributed by atoms with van der Waals surface area (Å²) in [5.74, 6) is -0.653. The van der Waals surface area contributed by atoms with Crippen molar-refractivity contribution in [3.63, 3.8) is 0 Å². The fraction of sp³-hybridized carbons (Fsp3) is 0.484. The highest BCUT2D eigenvalue weighted by molar-refractivity contribution is 6.00. The number of fused-ring (bicyclic) bond motifs is 5. The van der Waals surface area contributed by atoms with Crippen molar-refractivity contribution in [3.8, 4) is 17.0 Å². The molecule has 0 saturated heterocycles. The number of carbonyl (C=O) groups excluding carboxylic acids is 2. The molecular weight excluding hydrogens is 498 g/mol. The highest BCUT2D eigenvalue weighted by Gasteiger charge is 2.50. The van der Waals surface area contributed by atoms with Crippen LogP contribution >= 0.6 is 0 Å². The largest absolute Gasteiger partial charge is 0.497 e. The first-order valence-electron chi connectivity index (χ1n) is 13.5. The normalized spacial score (nSPS) is 21.6. The predicted molar refractivity (Wildman–Crippen MR) is 147 cm³/mol. The van der Waals surface area contributed by atoms with E-state index in [1.54, 1.807) is 18.2 Å². The molecule has 0 spiro atoms. The first-order valence-corrected chi connectivity index (χ1v) is 13.5. The molecule has 2 heterocycles. The zero-order chi connectivity index (χ0) is 28.1. The van der Waals surface area contributed by atoms with Crippen molar-refractivity contribution in [2.24, 2.45) is 0 Å². The van der Waals surface area contributed by atoms with Gasteiger partial charge in [-0.3, -0.25) is 0 Å². The summed E-state index contributed by atoms with van der Waals surface area (Å²) in [5.41, 5.74) is 1.14. The van der Waals surface area contributed by atoms with E-state index in [1.165, 1.54) is 20.6 Å². The lowest BCUT2D eigenvalue weighted by molar-refractivity contribution is -0.178. The number of hydrogen-bond acceptors (Lipinski definition) is 7. The maximum absolute atomic E-state index is 13.1. The van der Waals surface area contributed by atoms with Crippen molar-refractivity contribution in [2.45, 2.75) is 82.6 Å². The van der Waals surface area contributed by atoms with Crippen LogP contribution in [0.15, 0.2) is 36.4 Å². The summed E-state index contributed by atoms with van der Waals surface area (Å²) in [5, 5.41) is 24.3. The molecule has 1 saturated carbocycles. The number of carbonyl (C=O) groups is 2. The Balaban J connectivity index is 1.84. The van der Waals surface area contributed by atoms with Gasteiger partial charge >= 0.3 is 11.9 Å². The maximum Gasteiger partial charge on any atom is 0.342 e. The van der Waals surface area contributed by atoms with Crippen LogP contribution in [0.25, 0.3) is 22.2 Å². The third kappa shape index (κ3) is 4.70. The lowest BCUT2D eigenvalue weighted by atomic mass is 9.81. The summed E-state index contributed by atoms with van der Waals surface area (Å²) in [7, 11) is 2.72. The molecule has 0 radical (unpaired) electrons. The van der Waals surface area contributed by atoms with Crippen LogP contribution in [0.4, 0.5) is 0 Å². The van der Waals surface area contributed by atoms with Gasteiger partial charge in [0.1, 0.15) is 17.5 Å². The molecule has 2 aromatic carbocycles. The van der Waals surface area contributed by atoms with Gasteiger partial charge in [0.05, 0.1) is 32.0 Å². The molecule has 2 unspecified atom stereocenters. The zero-order valence-electron chi connectivity index (χ0n) is 23.2. The van der Waals surface area contributed by atoms with Gasteiger partial charge in [0.25, 0.3) is 0 Å². The fourth-order valence-corrected chi connectivity index (χ4v) is 6.15. The van der Waals surface area contributed by atoms with E-state index in [0.29, 0.717) is 28.0 Å². The van der Waals surface area contributed by atoms with Crippen molar-refractivity contribution in [1.82, 2.24) is 4.57 Å². The van der Waals surface area contributed by atoms with Gasteiger partial charge in [-0.25, -0.2) is 9.59 Å². The molecule has 0 bridgehead atoms. The van der Waals surface area contributed by atoms with E-state index in [1.807, 2.05) is 43.5 Å². The van der Waals surface area contributed by atoms with E-state index in [-0.39, 0.29) is 12.5 Å². The number of nitrogens with zero attached hydrogens (tertiary/aromatic N) is 1. The summed E-state index contributed by atoms with van der Waals surface area (Å²) < 4.78 is 17.9. The lowest BCUT2D eigenvalue weighted by Crippen LogP contribution is -2.48. The molecule has 1 aliphatic heterocycles. The number of hydrogen-bond donors (Lipinski definition) is 2. The van der Waals surface area contributed by atoms with E-state index in [2.05, 4.69) is 0 Å².